The summed E-state index contributed by atoms with van der Waals surface area (Å²) in [5.41, 5.74) is 13.3. The van der Waals surface area contributed by atoms with E-state index in [0.717, 1.165) is 66.8 Å². The molecule has 0 aliphatic rings. The lowest BCUT2D eigenvalue weighted by Crippen LogP contribution is -2.11. The number of nitrogens with zero attached hydrogens (tertiary/aromatic N) is 2. The zero-order chi connectivity index (χ0) is 34.6. The van der Waals surface area contributed by atoms with Gasteiger partial charge in [0.2, 0.25) is 5.89 Å². The van der Waals surface area contributed by atoms with Gasteiger partial charge in [-0.05, 0) is 106 Å². The number of hydrogen-bond donors (Lipinski definition) is 0. The van der Waals surface area contributed by atoms with E-state index in [2.05, 4.69) is 145 Å². The van der Waals surface area contributed by atoms with Gasteiger partial charge in [0.05, 0.1) is 0 Å². The van der Waals surface area contributed by atoms with Gasteiger partial charge in [0.25, 0.3) is 0 Å². The highest BCUT2D eigenvalue weighted by atomic mass is 16.4. The first kappa shape index (κ1) is 30.0. The van der Waals surface area contributed by atoms with E-state index in [4.69, 9.17) is 13.8 Å². The van der Waals surface area contributed by atoms with Crippen LogP contribution in [0, 0.1) is 6.92 Å². The smallest absolute Gasteiger partial charge is 0.227 e. The number of benzene rings is 8. The Morgan fingerprint density at radius 2 is 1.13 bits per heavy atom. The second-order valence-corrected chi connectivity index (χ2v) is 13.2. The van der Waals surface area contributed by atoms with Crippen LogP contribution in [0.2, 0.25) is 0 Å². The third kappa shape index (κ3) is 5.12. The monoisotopic (exact) mass is 668 g/mol. The fraction of sp³-hybridized carbons (Fsp3) is 0.0208. The van der Waals surface area contributed by atoms with E-state index in [1.807, 2.05) is 42.5 Å². The molecule has 0 amide bonds. The highest BCUT2D eigenvalue weighted by Crippen LogP contribution is 2.42. The first-order chi connectivity index (χ1) is 25.7. The zero-order valence-electron chi connectivity index (χ0n) is 28.5. The van der Waals surface area contributed by atoms with Gasteiger partial charge in [-0.3, -0.25) is 0 Å². The summed E-state index contributed by atoms with van der Waals surface area (Å²) in [4.78, 5) is 7.11. The number of aromatic nitrogens is 1. The molecule has 0 spiro atoms. The van der Waals surface area contributed by atoms with E-state index < -0.39 is 0 Å². The fourth-order valence-electron chi connectivity index (χ4n) is 7.42. The Balaban J connectivity index is 1.03. The number of furan rings is 1. The van der Waals surface area contributed by atoms with Crippen molar-refractivity contribution in [2.45, 2.75) is 6.92 Å². The zero-order valence-corrected chi connectivity index (χ0v) is 28.5. The molecule has 4 heteroatoms. The van der Waals surface area contributed by atoms with Gasteiger partial charge < -0.3 is 13.7 Å². The topological polar surface area (TPSA) is 42.4 Å². The van der Waals surface area contributed by atoms with Crippen LogP contribution in [-0.2, 0) is 0 Å². The van der Waals surface area contributed by atoms with Crippen LogP contribution in [0.5, 0.6) is 0 Å². The molecule has 0 atom stereocenters. The van der Waals surface area contributed by atoms with Crippen LogP contribution in [0.1, 0.15) is 5.56 Å². The Hall–Kier alpha value is -6.91. The van der Waals surface area contributed by atoms with Crippen LogP contribution < -0.4 is 4.90 Å². The van der Waals surface area contributed by atoms with Gasteiger partial charge in [-0.1, -0.05) is 109 Å². The lowest BCUT2D eigenvalue weighted by atomic mass is 9.97. The van der Waals surface area contributed by atoms with Crippen molar-refractivity contribution in [1.29, 1.82) is 0 Å². The minimum atomic E-state index is 0.608. The van der Waals surface area contributed by atoms with Crippen molar-refractivity contribution < 1.29 is 8.83 Å². The molecule has 0 aliphatic heterocycles. The summed E-state index contributed by atoms with van der Waals surface area (Å²) in [6, 6.07) is 61.7. The molecule has 0 bridgehead atoms. The van der Waals surface area contributed by atoms with Crippen molar-refractivity contribution >= 4 is 60.9 Å². The molecule has 2 aromatic heterocycles. The first-order valence-electron chi connectivity index (χ1n) is 17.5. The summed E-state index contributed by atoms with van der Waals surface area (Å²) in [5.74, 6) is 0.608. The van der Waals surface area contributed by atoms with Gasteiger partial charge in [-0.25, -0.2) is 4.98 Å². The van der Waals surface area contributed by atoms with Crippen LogP contribution >= 0.6 is 0 Å². The molecule has 52 heavy (non-hydrogen) atoms. The number of oxazole rings is 1. The molecule has 0 unspecified atom stereocenters. The standard InChI is InChI=1S/C48H32N2O2/c1-31-40(34-12-4-2-5-13-34)17-10-18-44(31)50(39-25-21-32-11-8-9-16-36(32)27-39)38-23-19-33(20-24-38)37-22-26-41-42-29-47-43(30-46(42)51-45(41)28-37)49-48(52-47)35-14-6-3-7-15-35/h2-30H,1H3. The molecule has 246 valence electrons. The van der Waals surface area contributed by atoms with Gasteiger partial charge in [0.15, 0.2) is 5.58 Å². The van der Waals surface area contributed by atoms with Crippen LogP contribution in [0.25, 0.3) is 77.5 Å². The van der Waals surface area contributed by atoms with Crippen LogP contribution in [0.3, 0.4) is 0 Å². The Bertz CT molecular complexity index is 2910. The summed E-state index contributed by atoms with van der Waals surface area (Å²) in [6.07, 6.45) is 0. The van der Waals surface area contributed by atoms with Crippen molar-refractivity contribution in [2.75, 3.05) is 4.90 Å². The maximum atomic E-state index is 6.42. The number of anilines is 3. The van der Waals surface area contributed by atoms with Crippen LogP contribution in [0.15, 0.2) is 185 Å². The van der Waals surface area contributed by atoms with Crippen molar-refractivity contribution in [3.63, 3.8) is 0 Å². The van der Waals surface area contributed by atoms with E-state index in [0.29, 0.717) is 5.89 Å². The minimum absolute atomic E-state index is 0.608. The second-order valence-electron chi connectivity index (χ2n) is 13.2. The lowest BCUT2D eigenvalue weighted by Gasteiger charge is -2.28. The molecule has 4 nitrogen and oxygen atoms in total. The van der Waals surface area contributed by atoms with Gasteiger partial charge in [-0.2, -0.15) is 0 Å². The van der Waals surface area contributed by atoms with Crippen LogP contribution in [0.4, 0.5) is 17.1 Å². The summed E-state index contributed by atoms with van der Waals surface area (Å²) < 4.78 is 12.6. The third-order valence-corrected chi connectivity index (χ3v) is 10.1. The predicted molar refractivity (Wildman–Crippen MR) is 215 cm³/mol. The number of rotatable bonds is 6. The van der Waals surface area contributed by atoms with Crippen molar-refractivity contribution in [3.05, 3.63) is 181 Å². The average Bonchev–Trinajstić information content (AvgIpc) is 3.79. The molecule has 0 aliphatic carbocycles. The van der Waals surface area contributed by atoms with Gasteiger partial charge in [0, 0.05) is 39.5 Å². The maximum absolute atomic E-state index is 6.42. The Morgan fingerprint density at radius 1 is 0.442 bits per heavy atom. The predicted octanol–water partition coefficient (Wildman–Crippen LogP) is 13.7. The molecule has 10 aromatic rings. The first-order valence-corrected chi connectivity index (χ1v) is 17.5. The Labute approximate surface area is 300 Å². The number of fused-ring (bicyclic) bond motifs is 5. The fourth-order valence-corrected chi connectivity index (χ4v) is 7.42. The van der Waals surface area contributed by atoms with Crippen molar-refractivity contribution in [2.24, 2.45) is 0 Å². The van der Waals surface area contributed by atoms with E-state index in [9.17, 15) is 0 Å². The molecule has 0 N–H and O–H groups in total. The highest BCUT2D eigenvalue weighted by Gasteiger charge is 2.19. The number of hydrogen-bond acceptors (Lipinski definition) is 4. The molecule has 10 rings (SSSR count). The van der Waals surface area contributed by atoms with E-state index in [-0.39, 0.29) is 0 Å². The largest absolute Gasteiger partial charge is 0.456 e. The summed E-state index contributed by atoms with van der Waals surface area (Å²) in [5, 5.41) is 4.49. The second kappa shape index (κ2) is 12.1. The van der Waals surface area contributed by atoms with Crippen molar-refractivity contribution in [3.8, 4) is 33.7 Å². The maximum Gasteiger partial charge on any atom is 0.227 e. The highest BCUT2D eigenvalue weighted by molar-refractivity contribution is 6.09. The Morgan fingerprint density at radius 3 is 1.94 bits per heavy atom. The Kier molecular flexibility index (Phi) is 7.00. The molecule has 2 heterocycles. The quantitative estimate of drug-likeness (QED) is 0.177. The SMILES string of the molecule is Cc1c(-c2ccccc2)cccc1N(c1ccc(-c2ccc3c(c2)oc2cc4nc(-c5ccccc5)oc4cc23)cc1)c1ccc2ccccc2c1. The molecule has 0 fully saturated rings. The molecule has 8 aromatic carbocycles. The molecular weight excluding hydrogens is 637 g/mol. The van der Waals surface area contributed by atoms with Gasteiger partial charge >= 0.3 is 0 Å². The van der Waals surface area contributed by atoms with Gasteiger partial charge in [-0.15, -0.1) is 0 Å². The molecular formula is C48H32N2O2. The lowest BCUT2D eigenvalue weighted by molar-refractivity contribution is 0.620. The normalized spacial score (nSPS) is 11.6. The third-order valence-electron chi connectivity index (χ3n) is 10.1. The van der Waals surface area contributed by atoms with Crippen LogP contribution in [-0.4, -0.2) is 4.98 Å². The molecule has 0 radical (unpaired) electrons. The van der Waals surface area contributed by atoms with E-state index in [1.54, 1.807) is 0 Å². The average molecular weight is 669 g/mol. The van der Waals surface area contributed by atoms with E-state index in [1.165, 1.54) is 27.5 Å². The van der Waals surface area contributed by atoms with Crippen molar-refractivity contribution in [1.82, 2.24) is 4.98 Å². The molecule has 0 saturated heterocycles. The summed E-state index contributed by atoms with van der Waals surface area (Å²) in [6.45, 7) is 2.22. The summed E-state index contributed by atoms with van der Waals surface area (Å²) in [7, 11) is 0. The minimum Gasteiger partial charge on any atom is -0.456 e. The van der Waals surface area contributed by atoms with E-state index >= 15 is 0 Å². The van der Waals surface area contributed by atoms with Gasteiger partial charge in [0.1, 0.15) is 16.7 Å². The molecule has 0 saturated carbocycles. The summed E-state index contributed by atoms with van der Waals surface area (Å²) >= 11 is 0.